The summed E-state index contributed by atoms with van der Waals surface area (Å²) in [5, 5.41) is 11.9. The van der Waals surface area contributed by atoms with Crippen molar-refractivity contribution in [1.82, 2.24) is 9.97 Å². The Balaban J connectivity index is 2.02. The van der Waals surface area contributed by atoms with Gasteiger partial charge in [-0.1, -0.05) is 0 Å². The van der Waals surface area contributed by atoms with Crippen molar-refractivity contribution in [1.29, 1.82) is 0 Å². The van der Waals surface area contributed by atoms with E-state index in [-0.39, 0.29) is 11.7 Å². The zero-order valence-electron chi connectivity index (χ0n) is 9.59. The fourth-order valence-corrected chi connectivity index (χ4v) is 1.82. The van der Waals surface area contributed by atoms with Crippen molar-refractivity contribution in [3.63, 3.8) is 0 Å². The number of aromatic nitrogens is 2. The molecule has 0 saturated carbocycles. The second kappa shape index (κ2) is 5.09. The number of nitrogens with zero attached hydrogens (tertiary/aromatic N) is 2. The number of carboxylic acids is 1. The van der Waals surface area contributed by atoms with Crippen LogP contribution in [-0.4, -0.2) is 40.3 Å². The molecule has 1 aromatic heterocycles. The van der Waals surface area contributed by atoms with Crippen LogP contribution in [0.2, 0.25) is 0 Å². The Morgan fingerprint density at radius 1 is 1.71 bits per heavy atom. The second-order valence-electron chi connectivity index (χ2n) is 4.13. The van der Waals surface area contributed by atoms with E-state index in [2.05, 4.69) is 15.3 Å². The van der Waals surface area contributed by atoms with Crippen molar-refractivity contribution in [3.8, 4) is 0 Å². The van der Waals surface area contributed by atoms with E-state index < -0.39 is 5.97 Å². The van der Waals surface area contributed by atoms with Crippen LogP contribution < -0.4 is 5.32 Å². The monoisotopic (exact) mass is 237 g/mol. The molecule has 1 aromatic rings. The summed E-state index contributed by atoms with van der Waals surface area (Å²) in [5.41, 5.74) is -0.00243. The number of hydrogen-bond acceptors (Lipinski definition) is 5. The highest BCUT2D eigenvalue weighted by molar-refractivity contribution is 5.85. The molecule has 6 nitrogen and oxygen atoms in total. The predicted molar refractivity (Wildman–Crippen MR) is 61.0 cm³/mol. The predicted octanol–water partition coefficient (Wildman–Crippen LogP) is 1.01. The molecule has 6 heteroatoms. The van der Waals surface area contributed by atoms with Crippen LogP contribution in [0.1, 0.15) is 23.8 Å². The first kappa shape index (κ1) is 11.8. The smallest absolute Gasteiger partial charge is 0.354 e. The third kappa shape index (κ3) is 2.91. The van der Waals surface area contributed by atoms with Gasteiger partial charge in [0.05, 0.1) is 6.61 Å². The molecule has 0 spiro atoms. The van der Waals surface area contributed by atoms with Crippen LogP contribution in [0.5, 0.6) is 0 Å². The largest absolute Gasteiger partial charge is 0.477 e. The highest BCUT2D eigenvalue weighted by Gasteiger charge is 2.22. The number of carboxylic acid groups (broad SMARTS) is 1. The van der Waals surface area contributed by atoms with E-state index in [1.165, 1.54) is 12.3 Å². The van der Waals surface area contributed by atoms with E-state index in [1.54, 1.807) is 0 Å². The first-order valence-corrected chi connectivity index (χ1v) is 5.57. The lowest BCUT2D eigenvalue weighted by Crippen LogP contribution is -2.27. The van der Waals surface area contributed by atoms with Crippen molar-refractivity contribution < 1.29 is 14.6 Å². The molecule has 0 aliphatic carbocycles. The van der Waals surface area contributed by atoms with Gasteiger partial charge in [0.1, 0.15) is 0 Å². The molecule has 2 atom stereocenters. The molecular formula is C11H15N3O3. The molecule has 0 amide bonds. The molecule has 1 aliphatic heterocycles. The topological polar surface area (TPSA) is 84.3 Å². The summed E-state index contributed by atoms with van der Waals surface area (Å²) >= 11 is 0. The summed E-state index contributed by atoms with van der Waals surface area (Å²) in [6.07, 6.45) is 2.45. The van der Waals surface area contributed by atoms with Crippen molar-refractivity contribution >= 4 is 11.9 Å². The first-order valence-electron chi connectivity index (χ1n) is 5.57. The normalized spacial score (nSPS) is 21.1. The van der Waals surface area contributed by atoms with Gasteiger partial charge in [-0.2, -0.15) is 0 Å². The maximum atomic E-state index is 10.8. The lowest BCUT2D eigenvalue weighted by Gasteiger charge is -2.18. The molecular weight excluding hydrogens is 222 g/mol. The molecule has 2 heterocycles. The highest BCUT2D eigenvalue weighted by atomic mass is 16.5. The van der Waals surface area contributed by atoms with Gasteiger partial charge in [0.25, 0.3) is 0 Å². The van der Waals surface area contributed by atoms with Gasteiger partial charge in [-0.3, -0.25) is 0 Å². The van der Waals surface area contributed by atoms with E-state index in [9.17, 15) is 4.79 Å². The Bertz CT molecular complexity index is 405. The van der Waals surface area contributed by atoms with E-state index in [1.807, 2.05) is 6.92 Å². The van der Waals surface area contributed by atoms with Crippen LogP contribution >= 0.6 is 0 Å². The van der Waals surface area contributed by atoms with Crippen molar-refractivity contribution in [2.75, 3.05) is 18.5 Å². The van der Waals surface area contributed by atoms with E-state index in [4.69, 9.17) is 9.84 Å². The quantitative estimate of drug-likeness (QED) is 0.813. The summed E-state index contributed by atoms with van der Waals surface area (Å²) < 4.78 is 5.30. The third-order valence-electron chi connectivity index (χ3n) is 2.90. The van der Waals surface area contributed by atoms with Gasteiger partial charge < -0.3 is 15.2 Å². The van der Waals surface area contributed by atoms with Crippen LogP contribution in [0.15, 0.2) is 12.3 Å². The Labute approximate surface area is 99.0 Å². The van der Waals surface area contributed by atoms with Gasteiger partial charge in [0.2, 0.25) is 5.95 Å². The molecule has 1 saturated heterocycles. The highest BCUT2D eigenvalue weighted by Crippen LogP contribution is 2.18. The maximum Gasteiger partial charge on any atom is 0.354 e. The van der Waals surface area contributed by atoms with Crippen molar-refractivity contribution in [3.05, 3.63) is 18.0 Å². The van der Waals surface area contributed by atoms with Crippen molar-refractivity contribution in [2.24, 2.45) is 5.92 Å². The molecule has 1 aliphatic rings. The molecule has 1 fully saturated rings. The summed E-state index contributed by atoms with van der Waals surface area (Å²) in [7, 11) is 0. The van der Waals surface area contributed by atoms with E-state index >= 15 is 0 Å². The fourth-order valence-electron chi connectivity index (χ4n) is 1.82. The van der Waals surface area contributed by atoms with Crippen LogP contribution in [0.25, 0.3) is 0 Å². The summed E-state index contributed by atoms with van der Waals surface area (Å²) in [6.45, 7) is 3.54. The van der Waals surface area contributed by atoms with Gasteiger partial charge in [-0.15, -0.1) is 0 Å². The third-order valence-corrected chi connectivity index (χ3v) is 2.90. The summed E-state index contributed by atoms with van der Waals surface area (Å²) in [4.78, 5) is 18.7. The second-order valence-corrected chi connectivity index (χ2v) is 4.13. The minimum Gasteiger partial charge on any atom is -0.477 e. The van der Waals surface area contributed by atoms with Crippen LogP contribution in [-0.2, 0) is 4.74 Å². The van der Waals surface area contributed by atoms with Crippen LogP contribution in [0.4, 0.5) is 5.95 Å². The Morgan fingerprint density at radius 2 is 2.53 bits per heavy atom. The number of nitrogens with one attached hydrogen (secondary N) is 1. The van der Waals surface area contributed by atoms with Gasteiger partial charge in [0.15, 0.2) is 5.69 Å². The van der Waals surface area contributed by atoms with Crippen LogP contribution in [0, 0.1) is 5.92 Å². The molecule has 0 aromatic carbocycles. The van der Waals surface area contributed by atoms with E-state index in [0.717, 1.165) is 19.6 Å². The molecule has 0 radical (unpaired) electrons. The van der Waals surface area contributed by atoms with Gasteiger partial charge in [0, 0.05) is 24.8 Å². The number of carbonyl (C=O) groups is 1. The molecule has 2 N–H and O–H groups in total. The van der Waals surface area contributed by atoms with Gasteiger partial charge in [-0.25, -0.2) is 14.8 Å². The number of anilines is 1. The Hall–Kier alpha value is -1.69. The fraction of sp³-hybridized carbons (Fsp3) is 0.545. The zero-order chi connectivity index (χ0) is 12.3. The zero-order valence-corrected chi connectivity index (χ0v) is 9.59. The number of ether oxygens (including phenoxy) is 1. The first-order chi connectivity index (χ1) is 8.16. The molecule has 2 unspecified atom stereocenters. The van der Waals surface area contributed by atoms with Crippen LogP contribution in [0.3, 0.4) is 0 Å². The summed E-state index contributed by atoms with van der Waals surface area (Å²) in [5.74, 6) is -0.274. The van der Waals surface area contributed by atoms with Crippen molar-refractivity contribution in [2.45, 2.75) is 19.4 Å². The number of hydrogen-bond donors (Lipinski definition) is 2. The Kier molecular flexibility index (Phi) is 3.53. The average Bonchev–Trinajstić information content (AvgIpc) is 2.82. The minimum absolute atomic E-state index is 0.00243. The molecule has 92 valence electrons. The minimum atomic E-state index is -1.05. The lowest BCUT2D eigenvalue weighted by molar-refractivity contribution is 0.0690. The standard InChI is InChI=1S/C11H15N3O3/c1-7(8-3-5-17-6-8)13-11-12-4-2-9(14-11)10(15)16/h2,4,7-8H,3,5-6H2,1H3,(H,15,16)(H,12,13,14). The summed E-state index contributed by atoms with van der Waals surface area (Å²) in [6, 6.07) is 1.54. The van der Waals surface area contributed by atoms with Gasteiger partial charge in [-0.05, 0) is 19.4 Å². The van der Waals surface area contributed by atoms with E-state index in [0.29, 0.717) is 11.9 Å². The molecule has 17 heavy (non-hydrogen) atoms. The maximum absolute atomic E-state index is 10.8. The Morgan fingerprint density at radius 3 is 3.18 bits per heavy atom. The molecule has 2 rings (SSSR count). The molecule has 0 bridgehead atoms. The SMILES string of the molecule is CC(Nc1nccc(C(=O)O)n1)C1CCOC1. The van der Waals surface area contributed by atoms with Gasteiger partial charge >= 0.3 is 5.97 Å². The average molecular weight is 237 g/mol. The number of aromatic carboxylic acids is 1. The number of rotatable bonds is 4. The lowest BCUT2D eigenvalue weighted by atomic mass is 10.0.